The van der Waals surface area contributed by atoms with Gasteiger partial charge in [0.15, 0.2) is 0 Å². The van der Waals surface area contributed by atoms with Crippen LogP contribution in [0.4, 0.5) is 0 Å². The largest absolute Gasteiger partial charge is 0.469 e. The van der Waals surface area contributed by atoms with Crippen LogP contribution in [0.3, 0.4) is 0 Å². The lowest BCUT2D eigenvalue weighted by Crippen LogP contribution is -2.34. The molecule has 0 bridgehead atoms. The summed E-state index contributed by atoms with van der Waals surface area (Å²) in [5, 5.41) is 0. The molecule has 0 aliphatic rings. The first kappa shape index (κ1) is 16.3. The third kappa shape index (κ3) is 3.75. The van der Waals surface area contributed by atoms with E-state index in [0.29, 0.717) is 17.7 Å². The summed E-state index contributed by atoms with van der Waals surface area (Å²) in [7, 11) is -3.73. The minimum absolute atomic E-state index is 0.0122. The van der Waals surface area contributed by atoms with Crippen molar-refractivity contribution in [2.75, 3.05) is 0 Å². The maximum atomic E-state index is 12.4. The van der Waals surface area contributed by atoms with E-state index in [0.717, 1.165) is 0 Å². The molecule has 118 valence electrons. The van der Waals surface area contributed by atoms with Crippen LogP contribution in [0, 0.1) is 6.92 Å². The molecule has 1 atom stereocenters. The summed E-state index contributed by atoms with van der Waals surface area (Å²) < 4.78 is 32.5. The lowest BCUT2D eigenvalue weighted by atomic mass is 10.1. The summed E-state index contributed by atoms with van der Waals surface area (Å²) in [4.78, 5) is 11.3. The number of aryl methyl sites for hydroxylation is 1. The van der Waals surface area contributed by atoms with Crippen molar-refractivity contribution in [1.29, 1.82) is 0 Å². The zero-order valence-electron chi connectivity index (χ0n) is 12.4. The molecule has 1 unspecified atom stereocenters. The van der Waals surface area contributed by atoms with Gasteiger partial charge in [-0.25, -0.2) is 13.1 Å². The molecule has 1 amide bonds. The highest BCUT2D eigenvalue weighted by molar-refractivity contribution is 7.89. The average Bonchev–Trinajstić information content (AvgIpc) is 2.90. The summed E-state index contributed by atoms with van der Waals surface area (Å²) in [6, 6.07) is 7.47. The van der Waals surface area contributed by atoms with E-state index in [-0.39, 0.29) is 16.5 Å². The van der Waals surface area contributed by atoms with Crippen LogP contribution in [0.2, 0.25) is 0 Å². The van der Waals surface area contributed by atoms with Crippen molar-refractivity contribution in [3.63, 3.8) is 0 Å². The number of nitrogens with two attached hydrogens (primary N) is 1. The summed E-state index contributed by atoms with van der Waals surface area (Å²) in [5.74, 6) is 0.0371. The first-order valence-corrected chi connectivity index (χ1v) is 8.23. The van der Waals surface area contributed by atoms with Crippen molar-refractivity contribution in [2.45, 2.75) is 31.2 Å². The smallest absolute Gasteiger partial charge is 0.249 e. The predicted molar refractivity (Wildman–Crippen MR) is 81.9 cm³/mol. The summed E-state index contributed by atoms with van der Waals surface area (Å²) in [5.41, 5.74) is 6.08. The Hall–Kier alpha value is -2.12. The normalized spacial score (nSPS) is 13.0. The molecular formula is C15H18N2O4S. The number of rotatable bonds is 6. The monoisotopic (exact) mass is 322 g/mol. The number of primary amides is 1. The quantitative estimate of drug-likeness (QED) is 0.843. The van der Waals surface area contributed by atoms with Gasteiger partial charge in [0.25, 0.3) is 0 Å². The first-order valence-electron chi connectivity index (χ1n) is 6.75. The molecule has 7 heteroatoms. The van der Waals surface area contributed by atoms with E-state index in [9.17, 15) is 13.2 Å². The number of carbonyl (C=O) groups is 1. The van der Waals surface area contributed by atoms with Gasteiger partial charge in [-0.05, 0) is 43.7 Å². The Bertz CT molecular complexity index is 767. The fraction of sp³-hybridized carbons (Fsp3) is 0.267. The molecule has 0 saturated carbocycles. The summed E-state index contributed by atoms with van der Waals surface area (Å²) in [6.07, 6.45) is 1.97. The fourth-order valence-corrected chi connectivity index (χ4v) is 3.41. The van der Waals surface area contributed by atoms with Crippen LogP contribution < -0.4 is 10.5 Å². The number of hydrogen-bond acceptors (Lipinski definition) is 4. The van der Waals surface area contributed by atoms with E-state index < -0.39 is 15.9 Å². The van der Waals surface area contributed by atoms with E-state index in [4.69, 9.17) is 10.2 Å². The van der Waals surface area contributed by atoms with E-state index >= 15 is 0 Å². The van der Waals surface area contributed by atoms with Gasteiger partial charge in [0.05, 0.1) is 11.2 Å². The van der Waals surface area contributed by atoms with Crippen LogP contribution in [0.5, 0.6) is 0 Å². The van der Waals surface area contributed by atoms with Crippen molar-refractivity contribution in [1.82, 2.24) is 4.72 Å². The molecule has 2 aromatic rings. The molecule has 3 N–H and O–H groups in total. The van der Waals surface area contributed by atoms with Crippen LogP contribution >= 0.6 is 0 Å². The van der Waals surface area contributed by atoms with Crippen LogP contribution in [-0.2, 0) is 16.4 Å². The van der Waals surface area contributed by atoms with Crippen molar-refractivity contribution >= 4 is 15.9 Å². The molecule has 1 heterocycles. The lowest BCUT2D eigenvalue weighted by Gasteiger charge is -2.14. The predicted octanol–water partition coefficient (Wildman–Crippen LogP) is 1.60. The van der Waals surface area contributed by atoms with E-state index in [1.165, 1.54) is 18.4 Å². The van der Waals surface area contributed by atoms with Crippen molar-refractivity contribution < 1.29 is 17.6 Å². The molecule has 0 aliphatic heterocycles. The van der Waals surface area contributed by atoms with Gasteiger partial charge in [-0.1, -0.05) is 6.07 Å². The minimum atomic E-state index is -3.73. The van der Waals surface area contributed by atoms with Gasteiger partial charge in [-0.15, -0.1) is 0 Å². The molecule has 0 spiro atoms. The van der Waals surface area contributed by atoms with E-state index in [1.54, 1.807) is 32.0 Å². The fourth-order valence-electron chi connectivity index (χ4n) is 2.14. The third-order valence-corrected chi connectivity index (χ3v) is 4.82. The highest BCUT2D eigenvalue weighted by Crippen LogP contribution is 2.16. The molecule has 1 aromatic heterocycles. The second-order valence-corrected chi connectivity index (χ2v) is 6.86. The maximum Gasteiger partial charge on any atom is 0.249 e. The standard InChI is InChI=1S/C15H18N2O4S/c1-10-5-6-13(9-14(10)15(16)18)22(19,20)17-11(2)8-12-4-3-7-21-12/h3-7,9,11,17H,8H2,1-2H3,(H2,16,18). The number of amides is 1. The van der Waals surface area contributed by atoms with Gasteiger partial charge < -0.3 is 10.2 Å². The number of furan rings is 1. The van der Waals surface area contributed by atoms with Gasteiger partial charge in [0.1, 0.15) is 5.76 Å². The minimum Gasteiger partial charge on any atom is -0.469 e. The molecule has 0 radical (unpaired) electrons. The topological polar surface area (TPSA) is 102 Å². The summed E-state index contributed by atoms with van der Waals surface area (Å²) in [6.45, 7) is 3.44. The highest BCUT2D eigenvalue weighted by atomic mass is 32.2. The van der Waals surface area contributed by atoms with Crippen molar-refractivity contribution in [3.05, 3.63) is 53.5 Å². The molecule has 0 aliphatic carbocycles. The molecule has 0 fully saturated rings. The van der Waals surface area contributed by atoms with Gasteiger partial charge in [0.2, 0.25) is 15.9 Å². The Morgan fingerprint density at radius 2 is 2.09 bits per heavy atom. The Kier molecular flexibility index (Phi) is 4.68. The third-order valence-electron chi connectivity index (χ3n) is 3.23. The van der Waals surface area contributed by atoms with Gasteiger partial charge in [-0.3, -0.25) is 4.79 Å². The Balaban J connectivity index is 2.19. The number of sulfonamides is 1. The Morgan fingerprint density at radius 3 is 2.68 bits per heavy atom. The molecule has 2 rings (SSSR count). The number of nitrogens with one attached hydrogen (secondary N) is 1. The van der Waals surface area contributed by atoms with Crippen LogP contribution in [-0.4, -0.2) is 20.4 Å². The Morgan fingerprint density at radius 1 is 1.36 bits per heavy atom. The second kappa shape index (κ2) is 6.33. The Labute approximate surface area is 129 Å². The lowest BCUT2D eigenvalue weighted by molar-refractivity contribution is 0.0999. The van der Waals surface area contributed by atoms with Crippen LogP contribution in [0.1, 0.15) is 28.6 Å². The second-order valence-electron chi connectivity index (χ2n) is 5.15. The molecule has 22 heavy (non-hydrogen) atoms. The molecule has 1 aromatic carbocycles. The number of benzene rings is 1. The number of carbonyl (C=O) groups excluding carboxylic acids is 1. The molecular weight excluding hydrogens is 304 g/mol. The van der Waals surface area contributed by atoms with Gasteiger partial charge in [0, 0.05) is 18.0 Å². The molecule has 0 saturated heterocycles. The number of hydrogen-bond donors (Lipinski definition) is 2. The SMILES string of the molecule is Cc1ccc(S(=O)(=O)NC(C)Cc2ccco2)cc1C(N)=O. The van der Waals surface area contributed by atoms with Gasteiger partial charge >= 0.3 is 0 Å². The zero-order valence-corrected chi connectivity index (χ0v) is 13.2. The van der Waals surface area contributed by atoms with Gasteiger partial charge in [-0.2, -0.15) is 0 Å². The zero-order chi connectivity index (χ0) is 16.3. The van der Waals surface area contributed by atoms with E-state index in [1.807, 2.05) is 0 Å². The van der Waals surface area contributed by atoms with E-state index in [2.05, 4.69) is 4.72 Å². The highest BCUT2D eigenvalue weighted by Gasteiger charge is 2.20. The van der Waals surface area contributed by atoms with Crippen LogP contribution in [0.25, 0.3) is 0 Å². The maximum absolute atomic E-state index is 12.4. The van der Waals surface area contributed by atoms with Crippen molar-refractivity contribution in [2.24, 2.45) is 5.73 Å². The summed E-state index contributed by atoms with van der Waals surface area (Å²) >= 11 is 0. The van der Waals surface area contributed by atoms with Crippen LogP contribution in [0.15, 0.2) is 45.9 Å². The molecule has 6 nitrogen and oxygen atoms in total. The first-order chi connectivity index (χ1) is 10.3. The van der Waals surface area contributed by atoms with Crippen molar-refractivity contribution in [3.8, 4) is 0 Å². The average molecular weight is 322 g/mol.